The Bertz CT molecular complexity index is 666. The highest BCUT2D eigenvalue weighted by molar-refractivity contribution is 7.13. The van der Waals surface area contributed by atoms with E-state index in [1.807, 2.05) is 35.7 Å². The summed E-state index contributed by atoms with van der Waals surface area (Å²) < 4.78 is 5.34. The zero-order chi connectivity index (χ0) is 16.8. The fourth-order valence-corrected chi connectivity index (χ4v) is 3.64. The van der Waals surface area contributed by atoms with Gasteiger partial charge in [0.15, 0.2) is 0 Å². The van der Waals surface area contributed by atoms with Crippen LogP contribution in [0.15, 0.2) is 35.7 Å². The minimum Gasteiger partial charge on any atom is -0.396 e. The smallest absolute Gasteiger partial charge is 0.226 e. The first-order valence-electron chi connectivity index (χ1n) is 8.16. The van der Waals surface area contributed by atoms with Crippen molar-refractivity contribution in [2.45, 2.75) is 19.3 Å². The predicted octanol–water partition coefficient (Wildman–Crippen LogP) is 2.26. The Morgan fingerprint density at radius 2 is 2.04 bits per heavy atom. The van der Waals surface area contributed by atoms with Gasteiger partial charge in [-0.2, -0.15) is 0 Å². The highest BCUT2D eigenvalue weighted by atomic mass is 32.1. The van der Waals surface area contributed by atoms with Crippen molar-refractivity contribution in [1.82, 2.24) is 10.3 Å². The molecule has 3 rings (SSSR count). The van der Waals surface area contributed by atoms with Crippen molar-refractivity contribution in [2.75, 3.05) is 26.4 Å². The van der Waals surface area contributed by atoms with Gasteiger partial charge in [-0.25, -0.2) is 4.98 Å². The van der Waals surface area contributed by atoms with E-state index in [4.69, 9.17) is 4.74 Å². The molecule has 0 radical (unpaired) electrons. The number of rotatable bonds is 6. The number of aliphatic hydroxyl groups is 1. The van der Waals surface area contributed by atoms with Crippen LogP contribution in [0.2, 0.25) is 0 Å². The van der Waals surface area contributed by atoms with Gasteiger partial charge in [0.2, 0.25) is 5.91 Å². The molecule has 0 saturated carbocycles. The van der Waals surface area contributed by atoms with E-state index in [1.54, 1.807) is 11.3 Å². The van der Waals surface area contributed by atoms with Gasteiger partial charge < -0.3 is 15.2 Å². The largest absolute Gasteiger partial charge is 0.396 e. The zero-order valence-electron chi connectivity index (χ0n) is 13.5. The maximum atomic E-state index is 12.2. The molecule has 1 saturated heterocycles. The average molecular weight is 346 g/mol. The Kier molecular flexibility index (Phi) is 5.60. The van der Waals surface area contributed by atoms with E-state index in [1.165, 1.54) is 0 Å². The molecule has 1 amide bonds. The second-order valence-corrected chi connectivity index (χ2v) is 7.09. The Morgan fingerprint density at radius 3 is 2.75 bits per heavy atom. The number of aliphatic hydroxyl groups excluding tert-OH is 1. The minimum atomic E-state index is -0.245. The van der Waals surface area contributed by atoms with Crippen LogP contribution in [0.1, 0.15) is 18.5 Å². The quantitative estimate of drug-likeness (QED) is 0.842. The van der Waals surface area contributed by atoms with Gasteiger partial charge in [-0.3, -0.25) is 4.79 Å². The third-order valence-corrected chi connectivity index (χ3v) is 5.40. The predicted molar refractivity (Wildman–Crippen MR) is 93.8 cm³/mol. The third kappa shape index (κ3) is 4.20. The molecule has 2 heterocycles. The maximum absolute atomic E-state index is 12.2. The molecule has 5 nitrogen and oxygen atoms in total. The number of aromatic nitrogens is 1. The van der Waals surface area contributed by atoms with Crippen LogP contribution in [0, 0.1) is 5.41 Å². The molecule has 1 aromatic heterocycles. The van der Waals surface area contributed by atoms with E-state index in [9.17, 15) is 9.90 Å². The number of nitrogens with zero attached hydrogens (tertiary/aromatic N) is 1. The van der Waals surface area contributed by atoms with E-state index >= 15 is 0 Å². The van der Waals surface area contributed by atoms with E-state index in [0.29, 0.717) is 19.8 Å². The summed E-state index contributed by atoms with van der Waals surface area (Å²) in [4.78, 5) is 16.7. The van der Waals surface area contributed by atoms with E-state index in [0.717, 1.165) is 29.1 Å². The van der Waals surface area contributed by atoms with Crippen molar-refractivity contribution in [3.8, 4) is 10.6 Å². The highest BCUT2D eigenvalue weighted by Crippen LogP contribution is 2.29. The summed E-state index contributed by atoms with van der Waals surface area (Å²) in [5.41, 5.74) is 1.60. The van der Waals surface area contributed by atoms with Gasteiger partial charge >= 0.3 is 0 Å². The fraction of sp³-hybridized carbons (Fsp3) is 0.444. The molecular formula is C18H22N2O3S. The van der Waals surface area contributed by atoms with Crippen molar-refractivity contribution < 1.29 is 14.6 Å². The SMILES string of the molecule is O=C(Cc1csc(-c2ccccc2)n1)NCC1(CO)CCOCC1. The Hall–Kier alpha value is -1.76. The van der Waals surface area contributed by atoms with Crippen LogP contribution in [0.3, 0.4) is 0 Å². The number of carbonyl (C=O) groups excluding carboxylic acids is 1. The third-order valence-electron chi connectivity index (χ3n) is 4.46. The summed E-state index contributed by atoms with van der Waals surface area (Å²) >= 11 is 1.55. The number of amides is 1. The van der Waals surface area contributed by atoms with Crippen LogP contribution < -0.4 is 5.32 Å². The van der Waals surface area contributed by atoms with E-state index in [-0.39, 0.29) is 24.3 Å². The van der Waals surface area contributed by atoms with Gasteiger partial charge in [0, 0.05) is 36.1 Å². The summed E-state index contributed by atoms with van der Waals surface area (Å²) in [5, 5.41) is 15.5. The van der Waals surface area contributed by atoms with Gasteiger partial charge in [-0.15, -0.1) is 11.3 Å². The van der Waals surface area contributed by atoms with Crippen LogP contribution in [-0.2, 0) is 16.0 Å². The standard InChI is InChI=1S/C18H22N2O3S/c21-13-18(6-8-23-9-7-18)12-19-16(22)10-15-11-24-17(20-15)14-4-2-1-3-5-14/h1-5,11,21H,6-10,12-13H2,(H,19,22). The zero-order valence-corrected chi connectivity index (χ0v) is 14.3. The van der Waals surface area contributed by atoms with Crippen LogP contribution >= 0.6 is 11.3 Å². The molecule has 0 atom stereocenters. The van der Waals surface area contributed by atoms with E-state index < -0.39 is 0 Å². The van der Waals surface area contributed by atoms with Gasteiger partial charge in [0.1, 0.15) is 5.01 Å². The number of hydrogen-bond donors (Lipinski definition) is 2. The first-order chi connectivity index (χ1) is 11.7. The van der Waals surface area contributed by atoms with Crippen LogP contribution in [0.5, 0.6) is 0 Å². The molecular weight excluding hydrogens is 324 g/mol. The van der Waals surface area contributed by atoms with Crippen molar-refractivity contribution in [1.29, 1.82) is 0 Å². The lowest BCUT2D eigenvalue weighted by atomic mass is 9.81. The first kappa shape index (κ1) is 17.1. The van der Waals surface area contributed by atoms with Crippen LogP contribution in [0.25, 0.3) is 10.6 Å². The lowest BCUT2D eigenvalue weighted by Gasteiger charge is -2.35. The molecule has 1 aliphatic heterocycles. The molecule has 1 aromatic carbocycles. The Labute approximate surface area is 145 Å². The second-order valence-electron chi connectivity index (χ2n) is 6.23. The molecule has 6 heteroatoms. The first-order valence-corrected chi connectivity index (χ1v) is 9.04. The number of hydrogen-bond acceptors (Lipinski definition) is 5. The molecule has 0 aliphatic carbocycles. The number of carbonyl (C=O) groups is 1. The molecule has 0 spiro atoms. The van der Waals surface area contributed by atoms with Crippen LogP contribution in [0.4, 0.5) is 0 Å². The Morgan fingerprint density at radius 1 is 1.29 bits per heavy atom. The van der Waals surface area contributed by atoms with Gasteiger partial charge in [0.05, 0.1) is 18.7 Å². The van der Waals surface area contributed by atoms with E-state index in [2.05, 4.69) is 10.3 Å². The molecule has 0 bridgehead atoms. The number of benzene rings is 1. The van der Waals surface area contributed by atoms with Gasteiger partial charge in [-0.05, 0) is 12.8 Å². The van der Waals surface area contributed by atoms with Crippen LogP contribution in [-0.4, -0.2) is 42.4 Å². The topological polar surface area (TPSA) is 71.5 Å². The number of nitrogens with one attached hydrogen (secondary N) is 1. The molecule has 1 fully saturated rings. The van der Waals surface area contributed by atoms with Crippen molar-refractivity contribution in [3.05, 3.63) is 41.4 Å². The molecule has 2 N–H and O–H groups in total. The van der Waals surface area contributed by atoms with Crippen molar-refractivity contribution >= 4 is 17.2 Å². The molecule has 2 aromatic rings. The second kappa shape index (κ2) is 7.88. The number of ether oxygens (including phenoxy) is 1. The number of thiazole rings is 1. The monoisotopic (exact) mass is 346 g/mol. The summed E-state index contributed by atoms with van der Waals surface area (Å²) in [6.45, 7) is 1.85. The minimum absolute atomic E-state index is 0.0563. The fourth-order valence-electron chi connectivity index (χ4n) is 2.81. The van der Waals surface area contributed by atoms with Crippen molar-refractivity contribution in [3.63, 3.8) is 0 Å². The summed E-state index contributed by atoms with van der Waals surface area (Å²) in [6, 6.07) is 9.95. The molecule has 24 heavy (non-hydrogen) atoms. The van der Waals surface area contributed by atoms with Gasteiger partial charge in [-0.1, -0.05) is 30.3 Å². The normalized spacial score (nSPS) is 16.7. The lowest BCUT2D eigenvalue weighted by Crippen LogP contribution is -2.44. The van der Waals surface area contributed by atoms with Crippen molar-refractivity contribution in [2.24, 2.45) is 5.41 Å². The Balaban J connectivity index is 1.54. The summed E-state index contributed by atoms with van der Waals surface area (Å²) in [7, 11) is 0. The molecule has 0 unspecified atom stereocenters. The summed E-state index contributed by atoms with van der Waals surface area (Å²) in [5.74, 6) is -0.0563. The lowest BCUT2D eigenvalue weighted by molar-refractivity contribution is -0.121. The van der Waals surface area contributed by atoms with Gasteiger partial charge in [0.25, 0.3) is 0 Å². The average Bonchev–Trinajstić information content (AvgIpc) is 3.10. The highest BCUT2D eigenvalue weighted by Gasteiger charge is 2.32. The molecule has 128 valence electrons. The molecule has 1 aliphatic rings. The summed E-state index contributed by atoms with van der Waals surface area (Å²) in [6.07, 6.45) is 1.82. The maximum Gasteiger partial charge on any atom is 0.226 e.